The van der Waals surface area contributed by atoms with Gasteiger partial charge in [-0.05, 0) is 32.4 Å². The van der Waals surface area contributed by atoms with Crippen LogP contribution >= 0.6 is 0 Å². The quantitative estimate of drug-likeness (QED) is 0.631. The molecular formula is C21H23N5O3. The summed E-state index contributed by atoms with van der Waals surface area (Å²) in [5.41, 5.74) is 1.94. The third-order valence-electron chi connectivity index (χ3n) is 4.83. The Balaban J connectivity index is 1.70. The van der Waals surface area contributed by atoms with Crippen LogP contribution in [0, 0.1) is 0 Å². The second-order valence-corrected chi connectivity index (χ2v) is 8.08. The second kappa shape index (κ2) is 6.80. The molecule has 4 rings (SSSR count). The summed E-state index contributed by atoms with van der Waals surface area (Å²) in [4.78, 5) is 19.2. The molecule has 0 saturated heterocycles. The SMILES string of the molecule is CC(C)(C)n1nccc1Nc1cc(O)cc(O)c1C(=O)N1Cc2cccnc2C1. The molecule has 1 aliphatic heterocycles. The predicted molar refractivity (Wildman–Crippen MR) is 108 cm³/mol. The molecule has 8 nitrogen and oxygen atoms in total. The Morgan fingerprint density at radius 3 is 2.66 bits per heavy atom. The number of aromatic hydroxyl groups is 2. The molecule has 2 aromatic heterocycles. The van der Waals surface area contributed by atoms with Gasteiger partial charge in [0.05, 0.1) is 29.7 Å². The molecule has 0 spiro atoms. The first-order chi connectivity index (χ1) is 13.7. The van der Waals surface area contributed by atoms with Crippen LogP contribution in [0.4, 0.5) is 11.5 Å². The highest BCUT2D eigenvalue weighted by Crippen LogP contribution is 2.36. The summed E-state index contributed by atoms with van der Waals surface area (Å²) >= 11 is 0. The van der Waals surface area contributed by atoms with E-state index < -0.39 is 0 Å². The van der Waals surface area contributed by atoms with Crippen molar-refractivity contribution in [3.63, 3.8) is 0 Å². The van der Waals surface area contributed by atoms with Crippen LogP contribution in [0.15, 0.2) is 42.7 Å². The van der Waals surface area contributed by atoms with Crippen molar-refractivity contribution in [3.05, 3.63) is 59.5 Å². The number of carbonyl (C=O) groups is 1. The molecule has 0 unspecified atom stereocenters. The van der Waals surface area contributed by atoms with E-state index in [-0.39, 0.29) is 28.5 Å². The molecule has 8 heteroatoms. The Hall–Kier alpha value is -3.55. The number of rotatable bonds is 3. The van der Waals surface area contributed by atoms with Crippen LogP contribution in [0.3, 0.4) is 0 Å². The average molecular weight is 393 g/mol. The molecule has 0 fully saturated rings. The van der Waals surface area contributed by atoms with E-state index in [2.05, 4.69) is 15.4 Å². The van der Waals surface area contributed by atoms with E-state index in [0.717, 1.165) is 11.3 Å². The Bertz CT molecular complexity index is 1060. The molecule has 1 aliphatic rings. The number of phenols is 2. The number of amides is 1. The first-order valence-corrected chi connectivity index (χ1v) is 9.33. The molecule has 3 N–H and O–H groups in total. The Morgan fingerprint density at radius 1 is 1.14 bits per heavy atom. The van der Waals surface area contributed by atoms with Crippen LogP contribution in [0.1, 0.15) is 42.4 Å². The second-order valence-electron chi connectivity index (χ2n) is 8.08. The maximum Gasteiger partial charge on any atom is 0.260 e. The van der Waals surface area contributed by atoms with Gasteiger partial charge in [0.1, 0.15) is 22.9 Å². The molecule has 0 aliphatic carbocycles. The van der Waals surface area contributed by atoms with Gasteiger partial charge in [0.2, 0.25) is 0 Å². The lowest BCUT2D eigenvalue weighted by Crippen LogP contribution is -2.27. The molecule has 0 saturated carbocycles. The number of benzene rings is 1. The molecule has 0 bridgehead atoms. The number of nitrogens with zero attached hydrogens (tertiary/aromatic N) is 4. The molecule has 150 valence electrons. The van der Waals surface area contributed by atoms with Gasteiger partial charge in [-0.25, -0.2) is 4.68 Å². The summed E-state index contributed by atoms with van der Waals surface area (Å²) in [5.74, 6) is -0.134. The normalized spacial score (nSPS) is 13.4. The van der Waals surface area contributed by atoms with Gasteiger partial charge in [-0.2, -0.15) is 5.10 Å². The fourth-order valence-electron chi connectivity index (χ4n) is 3.51. The van der Waals surface area contributed by atoms with Crippen molar-refractivity contribution in [3.8, 4) is 11.5 Å². The molecule has 3 heterocycles. The van der Waals surface area contributed by atoms with Gasteiger partial charge in [0.25, 0.3) is 5.91 Å². The highest BCUT2D eigenvalue weighted by atomic mass is 16.3. The van der Waals surface area contributed by atoms with E-state index in [1.54, 1.807) is 28.0 Å². The highest BCUT2D eigenvalue weighted by molar-refractivity contribution is 6.03. The largest absolute Gasteiger partial charge is 0.508 e. The predicted octanol–water partition coefficient (Wildman–Crippen LogP) is 3.34. The number of aromatic nitrogens is 3. The zero-order valence-electron chi connectivity index (χ0n) is 16.5. The maximum absolute atomic E-state index is 13.3. The van der Waals surface area contributed by atoms with Gasteiger partial charge in [-0.15, -0.1) is 0 Å². The lowest BCUT2D eigenvalue weighted by molar-refractivity contribution is 0.0748. The summed E-state index contributed by atoms with van der Waals surface area (Å²) in [6.45, 7) is 6.80. The zero-order chi connectivity index (χ0) is 20.8. The summed E-state index contributed by atoms with van der Waals surface area (Å²) < 4.78 is 1.78. The fourth-order valence-corrected chi connectivity index (χ4v) is 3.51. The third-order valence-corrected chi connectivity index (χ3v) is 4.83. The topological polar surface area (TPSA) is 104 Å². The summed E-state index contributed by atoms with van der Waals surface area (Å²) in [7, 11) is 0. The van der Waals surface area contributed by atoms with Gasteiger partial charge in [0, 0.05) is 30.9 Å². The van der Waals surface area contributed by atoms with E-state index in [9.17, 15) is 15.0 Å². The number of hydrogen-bond donors (Lipinski definition) is 3. The molecule has 29 heavy (non-hydrogen) atoms. The summed E-state index contributed by atoms with van der Waals surface area (Å²) in [6.07, 6.45) is 3.35. The van der Waals surface area contributed by atoms with E-state index in [0.29, 0.717) is 24.6 Å². The van der Waals surface area contributed by atoms with E-state index in [4.69, 9.17) is 0 Å². The average Bonchev–Trinajstić information content (AvgIpc) is 3.27. The Labute approximate surface area is 168 Å². The van der Waals surface area contributed by atoms with Crippen molar-refractivity contribution >= 4 is 17.4 Å². The van der Waals surface area contributed by atoms with Gasteiger partial charge < -0.3 is 20.4 Å². The van der Waals surface area contributed by atoms with Crippen LogP contribution in [-0.4, -0.2) is 35.8 Å². The number of anilines is 2. The minimum atomic E-state index is -0.343. The number of carbonyl (C=O) groups excluding carboxylic acids is 1. The molecular weight excluding hydrogens is 370 g/mol. The lowest BCUT2D eigenvalue weighted by atomic mass is 10.1. The molecule has 0 radical (unpaired) electrons. The Kier molecular flexibility index (Phi) is 4.41. The number of nitrogens with one attached hydrogen (secondary N) is 1. The summed E-state index contributed by atoms with van der Waals surface area (Å²) in [5, 5.41) is 28.0. The molecule has 1 aromatic carbocycles. The van der Waals surface area contributed by atoms with Crippen LogP contribution in [0.25, 0.3) is 0 Å². The van der Waals surface area contributed by atoms with Crippen molar-refractivity contribution in [2.45, 2.75) is 39.4 Å². The van der Waals surface area contributed by atoms with E-state index >= 15 is 0 Å². The van der Waals surface area contributed by atoms with Crippen molar-refractivity contribution in [2.24, 2.45) is 0 Å². The van der Waals surface area contributed by atoms with E-state index in [1.165, 1.54) is 12.1 Å². The molecule has 0 atom stereocenters. The minimum absolute atomic E-state index is 0.0947. The first-order valence-electron chi connectivity index (χ1n) is 9.33. The minimum Gasteiger partial charge on any atom is -0.508 e. The van der Waals surface area contributed by atoms with Crippen molar-refractivity contribution in [1.82, 2.24) is 19.7 Å². The van der Waals surface area contributed by atoms with Crippen LogP contribution in [-0.2, 0) is 18.6 Å². The monoisotopic (exact) mass is 393 g/mol. The van der Waals surface area contributed by atoms with Gasteiger partial charge in [-0.3, -0.25) is 9.78 Å². The van der Waals surface area contributed by atoms with Crippen LogP contribution < -0.4 is 5.32 Å². The van der Waals surface area contributed by atoms with Crippen LogP contribution in [0.2, 0.25) is 0 Å². The van der Waals surface area contributed by atoms with E-state index in [1.807, 2.05) is 32.9 Å². The number of fused-ring (bicyclic) bond motifs is 1. The highest BCUT2D eigenvalue weighted by Gasteiger charge is 2.29. The van der Waals surface area contributed by atoms with Crippen molar-refractivity contribution < 1.29 is 15.0 Å². The van der Waals surface area contributed by atoms with Gasteiger partial charge in [0.15, 0.2) is 0 Å². The zero-order valence-corrected chi connectivity index (χ0v) is 16.5. The van der Waals surface area contributed by atoms with Gasteiger partial charge >= 0.3 is 0 Å². The first kappa shape index (κ1) is 18.8. The summed E-state index contributed by atoms with van der Waals surface area (Å²) in [6, 6.07) is 8.14. The Morgan fingerprint density at radius 2 is 1.93 bits per heavy atom. The number of pyridine rings is 1. The lowest BCUT2D eigenvalue weighted by Gasteiger charge is -2.24. The smallest absolute Gasteiger partial charge is 0.260 e. The molecule has 1 amide bonds. The van der Waals surface area contributed by atoms with Crippen molar-refractivity contribution in [2.75, 3.05) is 5.32 Å². The molecule has 3 aromatic rings. The maximum atomic E-state index is 13.3. The third kappa shape index (κ3) is 3.49. The number of hydrogen-bond acceptors (Lipinski definition) is 6. The van der Waals surface area contributed by atoms with Crippen molar-refractivity contribution in [1.29, 1.82) is 0 Å². The van der Waals surface area contributed by atoms with Gasteiger partial charge in [-0.1, -0.05) is 6.07 Å². The van der Waals surface area contributed by atoms with Crippen LogP contribution in [0.5, 0.6) is 11.5 Å². The number of phenolic OH excluding ortho intramolecular Hbond substituents is 2. The fraction of sp³-hybridized carbons (Fsp3) is 0.286. The standard InChI is InChI=1S/C21H23N5O3/c1-21(2,3)26-18(6-8-23-26)24-15-9-14(27)10-17(28)19(15)20(29)25-11-13-5-4-7-22-16(13)12-25/h4-10,24,27-28H,11-12H2,1-3H3.